The van der Waals surface area contributed by atoms with E-state index in [0.29, 0.717) is 24.1 Å². The van der Waals surface area contributed by atoms with Crippen molar-refractivity contribution in [2.75, 3.05) is 54.1 Å². The molecule has 0 aromatic rings. The average Bonchev–Trinajstić information content (AvgIpc) is 3.13. The van der Waals surface area contributed by atoms with Crippen LogP contribution in [0.4, 0.5) is 0 Å². The normalized spacial score (nSPS) is 14.8. The van der Waals surface area contributed by atoms with E-state index in [1.54, 1.807) is 0 Å². The van der Waals surface area contributed by atoms with Gasteiger partial charge in [-0.05, 0) is 89.9 Å². The fourth-order valence-electron chi connectivity index (χ4n) is 4.94. The molecule has 9 heteroatoms. The summed E-state index contributed by atoms with van der Waals surface area (Å²) < 4.78 is 34.9. The number of nitrogens with zero attached hydrogens (tertiary/aromatic N) is 1. The van der Waals surface area contributed by atoms with E-state index in [-0.39, 0.29) is 25.8 Å². The highest BCUT2D eigenvalue weighted by Crippen LogP contribution is 2.43. The van der Waals surface area contributed by atoms with Crippen LogP contribution in [0.15, 0.2) is 97.2 Å². The Morgan fingerprint density at radius 3 is 1.49 bits per heavy atom. The Hall–Kier alpha value is -2.58. The summed E-state index contributed by atoms with van der Waals surface area (Å²) >= 11 is 0. The number of carbonyl (C=O) groups is 1. The first-order valence-electron chi connectivity index (χ1n) is 21.0. The monoisotopic (exact) mass is 789 g/mol. The topological polar surface area (TPSA) is 91.3 Å². The van der Waals surface area contributed by atoms with Crippen molar-refractivity contribution in [1.82, 2.24) is 0 Å². The molecule has 0 fully saturated rings. The number of ether oxygens (including phenoxy) is 2. The fourth-order valence-corrected chi connectivity index (χ4v) is 5.69. The molecule has 314 valence electrons. The zero-order valence-electron chi connectivity index (χ0n) is 35.4. The highest BCUT2D eigenvalue weighted by molar-refractivity contribution is 7.47. The van der Waals surface area contributed by atoms with Gasteiger partial charge in [0, 0.05) is 13.0 Å². The lowest BCUT2D eigenvalue weighted by atomic mass is 10.1. The summed E-state index contributed by atoms with van der Waals surface area (Å²) in [4.78, 5) is 22.9. The van der Waals surface area contributed by atoms with E-state index < -0.39 is 13.9 Å². The van der Waals surface area contributed by atoms with Gasteiger partial charge in [0.15, 0.2) is 0 Å². The molecule has 0 rings (SSSR count). The first-order chi connectivity index (χ1) is 26.6. The Kier molecular flexibility index (Phi) is 36.5. The Morgan fingerprint density at radius 2 is 1.00 bits per heavy atom. The van der Waals surface area contributed by atoms with Gasteiger partial charge < -0.3 is 18.9 Å². The van der Waals surface area contributed by atoms with Gasteiger partial charge in [-0.1, -0.05) is 130 Å². The number of carbonyl (C=O) groups excluding carboxylic acids is 1. The second-order valence-corrected chi connectivity index (χ2v) is 16.1. The van der Waals surface area contributed by atoms with E-state index in [2.05, 4.69) is 111 Å². The standard InChI is InChI=1S/C46H78NO7P/c1-6-8-10-12-14-16-18-20-22-23-24-26-28-30-32-34-36-38-41-51-43-45(44-53-55(49,50)52-42-40-47(3,4)5)54-46(48)39-37-35-33-31-29-27-25-21-19-17-15-13-11-9-7-2/h8-11,14-17,20-22,24-26,30,32,45H,6-7,12-13,18-19,23,27-29,31,33-44H2,1-5H3/p+1/b10-8-,11-9-,16-14-,17-15-,22-20-,25-21-,26-24-,32-30-. The maximum absolute atomic E-state index is 12.7. The molecule has 0 saturated heterocycles. The van der Waals surface area contributed by atoms with Gasteiger partial charge >= 0.3 is 13.8 Å². The minimum absolute atomic E-state index is 0.0704. The molecule has 0 aromatic heterocycles. The molecule has 0 aliphatic carbocycles. The van der Waals surface area contributed by atoms with Crippen molar-refractivity contribution in [3.05, 3.63) is 97.2 Å². The second-order valence-electron chi connectivity index (χ2n) is 14.6. The molecule has 0 bridgehead atoms. The van der Waals surface area contributed by atoms with Crippen molar-refractivity contribution in [2.24, 2.45) is 0 Å². The summed E-state index contributed by atoms with van der Waals surface area (Å²) in [5.41, 5.74) is 0. The zero-order valence-corrected chi connectivity index (χ0v) is 36.3. The minimum Gasteiger partial charge on any atom is -0.457 e. The lowest BCUT2D eigenvalue weighted by molar-refractivity contribution is -0.870. The predicted octanol–water partition coefficient (Wildman–Crippen LogP) is 12.3. The zero-order chi connectivity index (χ0) is 40.6. The predicted molar refractivity (Wildman–Crippen MR) is 233 cm³/mol. The van der Waals surface area contributed by atoms with Crippen LogP contribution in [-0.4, -0.2) is 75.6 Å². The van der Waals surface area contributed by atoms with Crippen LogP contribution in [0.25, 0.3) is 0 Å². The van der Waals surface area contributed by atoms with Crippen molar-refractivity contribution in [3.8, 4) is 0 Å². The molecular formula is C46H79NO7P+. The molecule has 8 nitrogen and oxygen atoms in total. The van der Waals surface area contributed by atoms with Gasteiger partial charge in [0.2, 0.25) is 0 Å². The van der Waals surface area contributed by atoms with Crippen LogP contribution >= 0.6 is 7.82 Å². The molecule has 0 aliphatic heterocycles. The summed E-state index contributed by atoms with van der Waals surface area (Å²) in [7, 11) is 1.61. The molecule has 2 atom stereocenters. The van der Waals surface area contributed by atoms with Crippen molar-refractivity contribution >= 4 is 13.8 Å². The van der Waals surface area contributed by atoms with Gasteiger partial charge in [-0.25, -0.2) is 4.57 Å². The first-order valence-corrected chi connectivity index (χ1v) is 22.5. The van der Waals surface area contributed by atoms with Gasteiger partial charge in [-0.15, -0.1) is 0 Å². The number of allylic oxidation sites excluding steroid dienone is 16. The Balaban J connectivity index is 4.40. The maximum atomic E-state index is 12.7. The van der Waals surface area contributed by atoms with Crippen molar-refractivity contribution < 1.29 is 37.3 Å². The number of phosphoric acid groups is 1. The van der Waals surface area contributed by atoms with Crippen LogP contribution in [0, 0.1) is 0 Å². The van der Waals surface area contributed by atoms with Crippen LogP contribution in [0.5, 0.6) is 0 Å². The summed E-state index contributed by atoms with van der Waals surface area (Å²) in [5, 5.41) is 0. The average molecular weight is 789 g/mol. The quantitative estimate of drug-likeness (QED) is 0.0220. The van der Waals surface area contributed by atoms with Gasteiger partial charge in [0.05, 0.1) is 34.4 Å². The molecule has 2 unspecified atom stereocenters. The highest BCUT2D eigenvalue weighted by Gasteiger charge is 2.26. The number of hydrogen-bond acceptors (Lipinski definition) is 6. The molecular weight excluding hydrogens is 709 g/mol. The van der Waals surface area contributed by atoms with Crippen LogP contribution in [-0.2, 0) is 27.9 Å². The summed E-state index contributed by atoms with van der Waals surface area (Å²) in [6.07, 6.45) is 51.6. The van der Waals surface area contributed by atoms with Crippen LogP contribution in [0.1, 0.15) is 129 Å². The third kappa shape index (κ3) is 42.4. The van der Waals surface area contributed by atoms with Crippen LogP contribution in [0.3, 0.4) is 0 Å². The number of phosphoric ester groups is 1. The lowest BCUT2D eigenvalue weighted by Crippen LogP contribution is -2.37. The number of unbranched alkanes of at least 4 members (excludes halogenated alkanes) is 7. The Labute approximate surface area is 337 Å². The van der Waals surface area contributed by atoms with Gasteiger partial charge in [-0.2, -0.15) is 0 Å². The molecule has 0 saturated carbocycles. The van der Waals surface area contributed by atoms with Gasteiger partial charge in [0.25, 0.3) is 0 Å². The van der Waals surface area contributed by atoms with E-state index in [1.165, 1.54) is 0 Å². The van der Waals surface area contributed by atoms with E-state index in [0.717, 1.165) is 109 Å². The highest BCUT2D eigenvalue weighted by atomic mass is 31.2. The molecule has 0 amide bonds. The summed E-state index contributed by atoms with van der Waals surface area (Å²) in [6, 6.07) is 0. The molecule has 1 N–H and O–H groups in total. The molecule has 0 spiro atoms. The number of likely N-dealkylation sites (N-methyl/N-ethyl adjacent to an activating group) is 1. The van der Waals surface area contributed by atoms with E-state index in [4.69, 9.17) is 18.5 Å². The maximum Gasteiger partial charge on any atom is 0.472 e. The smallest absolute Gasteiger partial charge is 0.457 e. The molecule has 55 heavy (non-hydrogen) atoms. The van der Waals surface area contributed by atoms with E-state index in [9.17, 15) is 14.3 Å². The van der Waals surface area contributed by atoms with Crippen LogP contribution < -0.4 is 0 Å². The largest absolute Gasteiger partial charge is 0.472 e. The van der Waals surface area contributed by atoms with Crippen molar-refractivity contribution in [2.45, 2.75) is 136 Å². The first kappa shape index (κ1) is 52.4. The summed E-state index contributed by atoms with van der Waals surface area (Å²) in [5.74, 6) is -0.351. The number of quaternary nitrogens is 1. The molecule has 0 heterocycles. The fraction of sp³-hybridized carbons (Fsp3) is 0.630. The number of hydrogen-bond donors (Lipinski definition) is 1. The molecule has 0 radical (unpaired) electrons. The number of esters is 1. The van der Waals surface area contributed by atoms with Gasteiger partial charge in [0.1, 0.15) is 19.3 Å². The second kappa shape index (κ2) is 38.3. The Morgan fingerprint density at radius 1 is 0.564 bits per heavy atom. The third-order valence-electron chi connectivity index (χ3n) is 8.14. The lowest BCUT2D eigenvalue weighted by Gasteiger charge is -2.24. The summed E-state index contributed by atoms with van der Waals surface area (Å²) in [6.45, 7) is 5.22. The molecule has 0 aliphatic rings. The van der Waals surface area contributed by atoms with E-state index in [1.807, 2.05) is 21.1 Å². The number of rotatable bonds is 37. The SMILES string of the molecule is CC/C=C\C/C=C\C/C=C\C/C=C\C/C=C\CCCCOCC(COP(=O)(O)OCC[N+](C)(C)C)OC(=O)CCCCCCC/C=C\C/C=C\C/C=C\CC. The van der Waals surface area contributed by atoms with Crippen molar-refractivity contribution in [3.63, 3.8) is 0 Å². The molecule has 0 aromatic carbocycles. The third-order valence-corrected chi connectivity index (χ3v) is 9.13. The van der Waals surface area contributed by atoms with Crippen molar-refractivity contribution in [1.29, 1.82) is 0 Å². The Bertz CT molecular complexity index is 1190. The van der Waals surface area contributed by atoms with E-state index >= 15 is 0 Å². The van der Waals surface area contributed by atoms with Crippen LogP contribution in [0.2, 0.25) is 0 Å². The van der Waals surface area contributed by atoms with Gasteiger partial charge in [-0.3, -0.25) is 13.8 Å². The minimum atomic E-state index is -4.30.